The van der Waals surface area contributed by atoms with Crippen molar-refractivity contribution in [3.63, 3.8) is 0 Å². The number of fused-ring (bicyclic) bond motifs is 1. The number of aliphatic hydroxyl groups is 1. The van der Waals surface area contributed by atoms with Crippen LogP contribution < -0.4 is 5.56 Å². The fraction of sp³-hybridized carbons (Fsp3) is 0.400. The van der Waals surface area contributed by atoms with E-state index in [1.54, 1.807) is 29.3 Å². The molecule has 0 spiro atoms. The molecule has 7 nitrogen and oxygen atoms in total. The largest absolute Gasteiger partial charge is 0.388 e. The number of hydrogen-bond acceptors (Lipinski definition) is 6. The van der Waals surface area contributed by atoms with Crippen molar-refractivity contribution in [1.29, 1.82) is 0 Å². The quantitative estimate of drug-likeness (QED) is 0.730. The van der Waals surface area contributed by atoms with E-state index in [4.69, 9.17) is 0 Å². The van der Waals surface area contributed by atoms with E-state index in [0.717, 1.165) is 15.3 Å². The van der Waals surface area contributed by atoms with Crippen LogP contribution >= 0.6 is 11.3 Å². The highest BCUT2D eigenvalue weighted by atomic mass is 32.1. The summed E-state index contributed by atoms with van der Waals surface area (Å²) < 4.78 is 1.50. The molecule has 1 aliphatic rings. The minimum absolute atomic E-state index is 0.118. The summed E-state index contributed by atoms with van der Waals surface area (Å²) >= 11 is 1.51. The number of rotatable bonds is 3. The zero-order valence-corrected chi connectivity index (χ0v) is 16.7. The Kier molecular flexibility index (Phi) is 4.76. The Morgan fingerprint density at radius 2 is 2.00 bits per heavy atom. The van der Waals surface area contributed by atoms with Crippen LogP contribution in [-0.4, -0.2) is 49.1 Å². The summed E-state index contributed by atoms with van der Waals surface area (Å²) in [6, 6.07) is 5.24. The van der Waals surface area contributed by atoms with Crippen LogP contribution in [0.5, 0.6) is 0 Å². The number of thiophene rings is 1. The topological polar surface area (TPSA) is 88.3 Å². The molecule has 1 fully saturated rings. The molecule has 0 aromatic carbocycles. The van der Waals surface area contributed by atoms with E-state index in [0.29, 0.717) is 37.0 Å². The summed E-state index contributed by atoms with van der Waals surface area (Å²) in [6.45, 7) is 4.93. The number of amides is 1. The van der Waals surface area contributed by atoms with Gasteiger partial charge in [-0.15, -0.1) is 11.3 Å². The highest BCUT2D eigenvalue weighted by molar-refractivity contribution is 7.18. The van der Waals surface area contributed by atoms with E-state index >= 15 is 0 Å². The average Bonchev–Trinajstić information content (AvgIpc) is 2.99. The van der Waals surface area contributed by atoms with Crippen LogP contribution in [0.3, 0.4) is 0 Å². The number of aromatic nitrogens is 3. The molecule has 28 heavy (non-hydrogen) atoms. The van der Waals surface area contributed by atoms with Crippen molar-refractivity contribution in [2.75, 3.05) is 13.1 Å². The summed E-state index contributed by atoms with van der Waals surface area (Å²) in [5, 5.41) is 11.7. The lowest BCUT2D eigenvalue weighted by Gasteiger charge is -2.38. The normalized spacial score (nSPS) is 16.5. The zero-order chi connectivity index (χ0) is 19.9. The first kappa shape index (κ1) is 18.8. The van der Waals surface area contributed by atoms with Gasteiger partial charge in [-0.3, -0.25) is 19.1 Å². The van der Waals surface area contributed by atoms with Crippen molar-refractivity contribution < 1.29 is 9.90 Å². The molecule has 3 aromatic rings. The molecule has 0 radical (unpaired) electrons. The first-order valence-corrected chi connectivity index (χ1v) is 10.1. The third-order valence-corrected chi connectivity index (χ3v) is 6.60. The molecule has 1 N–H and O–H groups in total. The zero-order valence-electron chi connectivity index (χ0n) is 15.9. The molecule has 0 atom stereocenters. The first-order chi connectivity index (χ1) is 13.4. The molecule has 0 saturated carbocycles. The summed E-state index contributed by atoms with van der Waals surface area (Å²) in [7, 11) is 0. The Hall–Kier alpha value is -2.58. The molecule has 0 aliphatic carbocycles. The Bertz CT molecular complexity index is 1080. The molecule has 4 rings (SSSR count). The van der Waals surface area contributed by atoms with Crippen LogP contribution in [0.25, 0.3) is 10.2 Å². The Morgan fingerprint density at radius 1 is 1.25 bits per heavy atom. The van der Waals surface area contributed by atoms with Gasteiger partial charge in [-0.2, -0.15) is 0 Å². The van der Waals surface area contributed by atoms with E-state index in [1.807, 2.05) is 13.8 Å². The number of carbonyl (C=O) groups is 1. The van der Waals surface area contributed by atoms with Gasteiger partial charge >= 0.3 is 0 Å². The maximum absolute atomic E-state index is 12.9. The van der Waals surface area contributed by atoms with Crippen LogP contribution in [-0.2, 0) is 6.54 Å². The average molecular weight is 398 g/mol. The van der Waals surface area contributed by atoms with Gasteiger partial charge in [0.15, 0.2) is 0 Å². The van der Waals surface area contributed by atoms with Gasteiger partial charge in [0.25, 0.3) is 11.5 Å². The number of nitrogens with zero attached hydrogens (tertiary/aromatic N) is 4. The highest BCUT2D eigenvalue weighted by Gasteiger charge is 2.35. The molecule has 8 heteroatoms. The van der Waals surface area contributed by atoms with Crippen molar-refractivity contribution in [3.8, 4) is 0 Å². The Labute approximate surface area is 166 Å². The van der Waals surface area contributed by atoms with E-state index in [-0.39, 0.29) is 18.0 Å². The summed E-state index contributed by atoms with van der Waals surface area (Å²) in [5.41, 5.74) is 0.197. The smallest absolute Gasteiger partial charge is 0.272 e. The first-order valence-electron chi connectivity index (χ1n) is 9.26. The Morgan fingerprint density at radius 3 is 2.68 bits per heavy atom. The second-order valence-electron chi connectivity index (χ2n) is 7.37. The predicted octanol–water partition coefficient (Wildman–Crippen LogP) is 2.14. The fourth-order valence-corrected chi connectivity index (χ4v) is 4.62. The van der Waals surface area contributed by atoms with Gasteiger partial charge in [-0.1, -0.05) is 6.07 Å². The molecule has 1 saturated heterocycles. The minimum atomic E-state index is -1.04. The number of pyridine rings is 1. The maximum Gasteiger partial charge on any atom is 0.272 e. The second-order valence-corrected chi connectivity index (χ2v) is 8.58. The maximum atomic E-state index is 12.9. The van der Waals surface area contributed by atoms with Crippen molar-refractivity contribution in [2.24, 2.45) is 0 Å². The lowest BCUT2D eigenvalue weighted by molar-refractivity contribution is -0.0300. The summed E-state index contributed by atoms with van der Waals surface area (Å²) in [4.78, 5) is 37.4. The standard InChI is InChI=1S/C20H22N4O3S/c1-13-14(2)28-17-16(13)19(26)24(12-22-17)11-20(27)6-9-23(10-7-20)18(25)15-5-3-4-8-21-15/h3-5,8,12,27H,6-7,9-11H2,1-2H3. The molecular formula is C20H22N4O3S. The molecular weight excluding hydrogens is 376 g/mol. The van der Waals surface area contributed by atoms with Gasteiger partial charge in [-0.05, 0) is 44.4 Å². The van der Waals surface area contributed by atoms with Gasteiger partial charge in [-0.25, -0.2) is 4.98 Å². The summed E-state index contributed by atoms with van der Waals surface area (Å²) in [6.07, 6.45) is 3.91. The number of piperidine rings is 1. The molecule has 1 amide bonds. The fourth-order valence-electron chi connectivity index (χ4n) is 3.64. The van der Waals surface area contributed by atoms with E-state index in [9.17, 15) is 14.7 Å². The third kappa shape index (κ3) is 3.33. The van der Waals surface area contributed by atoms with Gasteiger partial charge in [0.1, 0.15) is 10.5 Å². The van der Waals surface area contributed by atoms with Crippen molar-refractivity contribution in [2.45, 2.75) is 38.8 Å². The predicted molar refractivity (Wildman–Crippen MR) is 108 cm³/mol. The molecule has 0 bridgehead atoms. The highest BCUT2D eigenvalue weighted by Crippen LogP contribution is 2.27. The van der Waals surface area contributed by atoms with Gasteiger partial charge in [0.05, 0.1) is 23.9 Å². The van der Waals surface area contributed by atoms with Crippen LogP contribution in [0.4, 0.5) is 0 Å². The van der Waals surface area contributed by atoms with Crippen molar-refractivity contribution >= 4 is 27.5 Å². The summed E-state index contributed by atoms with van der Waals surface area (Å²) in [5.74, 6) is -0.132. The minimum Gasteiger partial charge on any atom is -0.388 e. The SMILES string of the molecule is Cc1sc2ncn(CC3(O)CCN(C(=O)c4ccccn4)CC3)c(=O)c2c1C. The lowest BCUT2D eigenvalue weighted by Crippen LogP contribution is -2.49. The number of aryl methyl sites for hydroxylation is 2. The molecule has 3 aromatic heterocycles. The Balaban J connectivity index is 1.50. The molecule has 4 heterocycles. The third-order valence-electron chi connectivity index (χ3n) is 5.49. The molecule has 146 valence electrons. The van der Waals surface area contributed by atoms with Gasteiger partial charge < -0.3 is 10.0 Å². The van der Waals surface area contributed by atoms with Gasteiger partial charge in [0, 0.05) is 24.2 Å². The van der Waals surface area contributed by atoms with Gasteiger partial charge in [0.2, 0.25) is 0 Å². The van der Waals surface area contributed by atoms with E-state index < -0.39 is 5.60 Å². The van der Waals surface area contributed by atoms with E-state index in [2.05, 4.69) is 9.97 Å². The number of carbonyl (C=O) groups excluding carboxylic acids is 1. The van der Waals surface area contributed by atoms with Crippen LogP contribution in [0.1, 0.15) is 33.8 Å². The molecule has 1 aliphatic heterocycles. The monoisotopic (exact) mass is 398 g/mol. The molecule has 0 unspecified atom stereocenters. The number of likely N-dealkylation sites (tertiary alicyclic amines) is 1. The van der Waals surface area contributed by atoms with Crippen LogP contribution in [0, 0.1) is 13.8 Å². The second kappa shape index (κ2) is 7.10. The van der Waals surface area contributed by atoms with Crippen molar-refractivity contribution in [1.82, 2.24) is 19.4 Å². The van der Waals surface area contributed by atoms with E-state index in [1.165, 1.54) is 22.2 Å². The number of hydrogen-bond donors (Lipinski definition) is 1. The van der Waals surface area contributed by atoms with Crippen molar-refractivity contribution in [3.05, 3.63) is 57.2 Å². The lowest BCUT2D eigenvalue weighted by atomic mass is 9.91. The van der Waals surface area contributed by atoms with Crippen LogP contribution in [0.15, 0.2) is 35.5 Å². The van der Waals surface area contributed by atoms with Crippen LogP contribution in [0.2, 0.25) is 0 Å².